The van der Waals surface area contributed by atoms with E-state index in [4.69, 9.17) is 9.84 Å². The summed E-state index contributed by atoms with van der Waals surface area (Å²) in [5.41, 5.74) is 0.508. The number of ether oxygens (including phenoxy) is 1. The van der Waals surface area contributed by atoms with Crippen molar-refractivity contribution in [3.8, 4) is 5.75 Å². The second kappa shape index (κ2) is 7.17. The molecule has 1 atom stereocenters. The van der Waals surface area contributed by atoms with Crippen LogP contribution in [0.5, 0.6) is 5.75 Å². The third-order valence-corrected chi connectivity index (χ3v) is 3.01. The van der Waals surface area contributed by atoms with E-state index in [2.05, 4.69) is 13.2 Å². The van der Waals surface area contributed by atoms with E-state index in [1.54, 1.807) is 6.07 Å². The third kappa shape index (κ3) is 4.03. The molecule has 1 unspecified atom stereocenters. The molecule has 0 fully saturated rings. The minimum Gasteiger partial charge on any atom is -0.478 e. The minimum atomic E-state index is -4.81. The van der Waals surface area contributed by atoms with E-state index < -0.39 is 23.8 Å². The van der Waals surface area contributed by atoms with Crippen molar-refractivity contribution in [2.24, 2.45) is 0 Å². The molecule has 2 rings (SSSR count). The number of hydrogen-bond donors (Lipinski definition) is 1. The zero-order valence-electron chi connectivity index (χ0n) is 12.8. The lowest BCUT2D eigenvalue weighted by atomic mass is 9.98. The number of carboxylic acids is 1. The maximum absolute atomic E-state index is 12.9. The third-order valence-electron chi connectivity index (χ3n) is 3.01. The summed E-state index contributed by atoms with van der Waals surface area (Å²) in [5, 5.41) is 8.90. The van der Waals surface area contributed by atoms with Crippen molar-refractivity contribution in [2.45, 2.75) is 26.1 Å². The van der Waals surface area contributed by atoms with Gasteiger partial charge in [0.15, 0.2) is 0 Å². The highest BCUT2D eigenvalue weighted by Crippen LogP contribution is 2.38. The van der Waals surface area contributed by atoms with E-state index in [9.17, 15) is 18.0 Å². The molecular formula is C17H17F3O3. The molecular weight excluding hydrogens is 309 g/mol. The SMILES string of the molecule is C=CC(=C)c1ccc2c(c1)OC(C(F)(F)F)C(C(=O)O)=C2.CC. The van der Waals surface area contributed by atoms with Gasteiger partial charge in [0.1, 0.15) is 5.75 Å². The number of alkyl halides is 3. The van der Waals surface area contributed by atoms with Gasteiger partial charge >= 0.3 is 12.1 Å². The molecule has 3 nitrogen and oxygen atoms in total. The fourth-order valence-corrected chi connectivity index (χ4v) is 1.92. The fourth-order valence-electron chi connectivity index (χ4n) is 1.92. The van der Waals surface area contributed by atoms with E-state index >= 15 is 0 Å². The largest absolute Gasteiger partial charge is 0.478 e. The van der Waals surface area contributed by atoms with Crippen LogP contribution in [0.15, 0.2) is 43.0 Å². The van der Waals surface area contributed by atoms with Crippen LogP contribution in [0.4, 0.5) is 13.2 Å². The van der Waals surface area contributed by atoms with Crippen molar-refractivity contribution in [3.05, 3.63) is 54.1 Å². The van der Waals surface area contributed by atoms with Gasteiger partial charge < -0.3 is 9.84 Å². The van der Waals surface area contributed by atoms with Crippen molar-refractivity contribution in [1.82, 2.24) is 0 Å². The molecule has 1 N–H and O–H groups in total. The van der Waals surface area contributed by atoms with E-state index in [1.165, 1.54) is 18.2 Å². The van der Waals surface area contributed by atoms with Gasteiger partial charge in [0, 0.05) is 5.56 Å². The van der Waals surface area contributed by atoms with Gasteiger partial charge in [-0.15, -0.1) is 0 Å². The number of allylic oxidation sites excluding steroid dienone is 2. The molecule has 1 aliphatic rings. The molecule has 0 saturated carbocycles. The average Bonchev–Trinajstić information content (AvgIpc) is 2.53. The van der Waals surface area contributed by atoms with Crippen LogP contribution < -0.4 is 4.74 Å². The number of carbonyl (C=O) groups is 1. The predicted octanol–water partition coefficient (Wildman–Crippen LogP) is 4.70. The van der Waals surface area contributed by atoms with Crippen LogP contribution in [-0.4, -0.2) is 23.4 Å². The lowest BCUT2D eigenvalue weighted by molar-refractivity contribution is -0.187. The average molecular weight is 326 g/mol. The van der Waals surface area contributed by atoms with E-state index in [-0.39, 0.29) is 11.3 Å². The van der Waals surface area contributed by atoms with Gasteiger partial charge in [-0.05, 0) is 23.3 Å². The summed E-state index contributed by atoms with van der Waals surface area (Å²) in [6.45, 7) is 11.2. The first-order chi connectivity index (χ1) is 10.7. The molecule has 0 aromatic heterocycles. The maximum atomic E-state index is 12.9. The first kappa shape index (κ1) is 18.5. The Labute approximate surface area is 132 Å². The lowest BCUT2D eigenvalue weighted by Crippen LogP contribution is -2.40. The lowest BCUT2D eigenvalue weighted by Gasteiger charge is -2.27. The van der Waals surface area contributed by atoms with Gasteiger partial charge in [0.2, 0.25) is 6.10 Å². The molecule has 1 aromatic rings. The quantitative estimate of drug-likeness (QED) is 0.819. The number of rotatable bonds is 3. The molecule has 0 aliphatic carbocycles. The van der Waals surface area contributed by atoms with Crippen LogP contribution in [-0.2, 0) is 4.79 Å². The molecule has 0 bridgehead atoms. The standard InChI is InChI=1S/C15H11F3O3.C2H6/c1-3-8(2)9-4-5-10-6-11(14(19)20)13(15(16,17)18)21-12(10)7-9;1-2/h3-7,13H,1-2H2,(H,19,20);1-2H3. The predicted molar refractivity (Wildman–Crippen MR) is 83.1 cm³/mol. The highest BCUT2D eigenvalue weighted by Gasteiger charge is 2.48. The van der Waals surface area contributed by atoms with Crippen molar-refractivity contribution in [1.29, 1.82) is 0 Å². The van der Waals surface area contributed by atoms with Gasteiger partial charge in [-0.2, -0.15) is 13.2 Å². The van der Waals surface area contributed by atoms with Gasteiger partial charge in [-0.1, -0.05) is 45.2 Å². The first-order valence-corrected chi connectivity index (χ1v) is 6.88. The Morgan fingerprint density at radius 3 is 2.43 bits per heavy atom. The summed E-state index contributed by atoms with van der Waals surface area (Å²) in [5.74, 6) is -1.70. The molecule has 23 heavy (non-hydrogen) atoms. The van der Waals surface area contributed by atoms with E-state index in [0.29, 0.717) is 11.1 Å². The Bertz CT molecular complexity index is 658. The molecule has 0 radical (unpaired) electrons. The Balaban J connectivity index is 0.00000127. The first-order valence-electron chi connectivity index (χ1n) is 6.88. The van der Waals surface area contributed by atoms with E-state index in [0.717, 1.165) is 6.08 Å². The molecule has 1 aliphatic heterocycles. The molecule has 1 aromatic carbocycles. The Morgan fingerprint density at radius 1 is 1.35 bits per heavy atom. The summed E-state index contributed by atoms with van der Waals surface area (Å²) < 4.78 is 43.6. The zero-order chi connectivity index (χ0) is 17.8. The second-order valence-electron chi connectivity index (χ2n) is 4.43. The van der Waals surface area contributed by atoms with Crippen molar-refractivity contribution in [2.75, 3.05) is 0 Å². The molecule has 0 amide bonds. The Kier molecular flexibility index (Phi) is 5.79. The van der Waals surface area contributed by atoms with Crippen LogP contribution >= 0.6 is 0 Å². The summed E-state index contributed by atoms with van der Waals surface area (Å²) >= 11 is 0. The van der Waals surface area contributed by atoms with Crippen LogP contribution in [0, 0.1) is 0 Å². The van der Waals surface area contributed by atoms with Crippen LogP contribution in [0.2, 0.25) is 0 Å². The monoisotopic (exact) mass is 326 g/mol. The van der Waals surface area contributed by atoms with Crippen molar-refractivity contribution >= 4 is 17.6 Å². The van der Waals surface area contributed by atoms with Gasteiger partial charge in [-0.3, -0.25) is 0 Å². The molecule has 0 saturated heterocycles. The normalized spacial score (nSPS) is 16.0. The summed E-state index contributed by atoms with van der Waals surface area (Å²) in [4.78, 5) is 11.0. The maximum Gasteiger partial charge on any atom is 0.430 e. The van der Waals surface area contributed by atoms with Crippen LogP contribution in [0.3, 0.4) is 0 Å². The Morgan fingerprint density at radius 2 is 1.96 bits per heavy atom. The summed E-state index contributed by atoms with van der Waals surface area (Å²) in [7, 11) is 0. The molecule has 124 valence electrons. The highest BCUT2D eigenvalue weighted by atomic mass is 19.4. The summed E-state index contributed by atoms with van der Waals surface area (Å²) in [6, 6.07) is 4.47. The fraction of sp³-hybridized carbons (Fsp3) is 0.235. The zero-order valence-corrected chi connectivity index (χ0v) is 12.8. The van der Waals surface area contributed by atoms with Crippen molar-refractivity contribution < 1.29 is 27.8 Å². The summed E-state index contributed by atoms with van der Waals surface area (Å²) in [6.07, 6.45) is -4.87. The Hall–Kier alpha value is -2.50. The molecule has 6 heteroatoms. The number of carboxylic acid groups (broad SMARTS) is 1. The number of benzene rings is 1. The highest BCUT2D eigenvalue weighted by molar-refractivity contribution is 5.95. The number of hydrogen-bond acceptors (Lipinski definition) is 2. The van der Waals surface area contributed by atoms with E-state index in [1.807, 2.05) is 13.8 Å². The van der Waals surface area contributed by atoms with Gasteiger partial charge in [-0.25, -0.2) is 4.79 Å². The molecule has 0 spiro atoms. The second-order valence-corrected chi connectivity index (χ2v) is 4.43. The smallest absolute Gasteiger partial charge is 0.430 e. The minimum absolute atomic E-state index is 0.0391. The van der Waals surface area contributed by atoms with Gasteiger partial charge in [0.05, 0.1) is 5.57 Å². The molecule has 1 heterocycles. The number of aliphatic carboxylic acids is 1. The van der Waals surface area contributed by atoms with Gasteiger partial charge in [0.25, 0.3) is 0 Å². The van der Waals surface area contributed by atoms with Crippen LogP contribution in [0.25, 0.3) is 11.6 Å². The number of halogens is 3. The topological polar surface area (TPSA) is 46.5 Å². The van der Waals surface area contributed by atoms with Crippen LogP contribution in [0.1, 0.15) is 25.0 Å². The number of fused-ring (bicyclic) bond motifs is 1. The van der Waals surface area contributed by atoms with Crippen molar-refractivity contribution in [3.63, 3.8) is 0 Å².